The predicted molar refractivity (Wildman–Crippen MR) is 54.1 cm³/mol. The average Bonchev–Trinajstić information content (AvgIpc) is 2.01. The van der Waals surface area contributed by atoms with Gasteiger partial charge in [0.05, 0.1) is 0 Å². The smallest absolute Gasteiger partial charge is 0.165 e. The van der Waals surface area contributed by atoms with Crippen molar-refractivity contribution in [3.8, 4) is 0 Å². The van der Waals surface area contributed by atoms with E-state index in [1.165, 1.54) is 0 Å². The molecule has 13 heavy (non-hydrogen) atoms. The van der Waals surface area contributed by atoms with Gasteiger partial charge in [0.2, 0.25) is 0 Å². The van der Waals surface area contributed by atoms with Crippen LogP contribution in [-0.4, -0.2) is 17.7 Å². The van der Waals surface area contributed by atoms with E-state index in [0.717, 1.165) is 12.0 Å². The average molecular weight is 179 g/mol. The molecule has 1 heterocycles. The van der Waals surface area contributed by atoms with Crippen LogP contribution in [0.4, 0.5) is 0 Å². The predicted octanol–water partition coefficient (Wildman–Crippen LogP) is 2.33. The van der Waals surface area contributed by atoms with Gasteiger partial charge < -0.3 is 4.90 Å². The zero-order valence-corrected chi connectivity index (χ0v) is 8.79. The highest BCUT2D eigenvalue weighted by Gasteiger charge is 2.25. The summed E-state index contributed by atoms with van der Waals surface area (Å²) in [5.74, 6) is 0.240. The van der Waals surface area contributed by atoms with Crippen LogP contribution >= 0.6 is 0 Å². The van der Waals surface area contributed by atoms with Gasteiger partial charge in [-0.15, -0.1) is 0 Å². The van der Waals surface area contributed by atoms with Gasteiger partial charge in [-0.2, -0.15) is 0 Å². The molecule has 1 aliphatic heterocycles. The van der Waals surface area contributed by atoms with E-state index in [2.05, 4.69) is 0 Å². The van der Waals surface area contributed by atoms with E-state index in [1.54, 1.807) is 0 Å². The summed E-state index contributed by atoms with van der Waals surface area (Å²) in [6.45, 7) is 5.86. The molecule has 0 radical (unpaired) electrons. The molecular formula is C11H17NO. The van der Waals surface area contributed by atoms with Crippen molar-refractivity contribution >= 4 is 5.78 Å². The summed E-state index contributed by atoms with van der Waals surface area (Å²) in [5, 5.41) is 0. The Bertz CT molecular complexity index is 268. The summed E-state index contributed by atoms with van der Waals surface area (Å²) < 4.78 is 0. The highest BCUT2D eigenvalue weighted by molar-refractivity contribution is 5.99. The summed E-state index contributed by atoms with van der Waals surface area (Å²) >= 11 is 0. The third-order valence-electron chi connectivity index (χ3n) is 2.01. The Morgan fingerprint density at radius 3 is 2.54 bits per heavy atom. The van der Waals surface area contributed by atoms with Crippen LogP contribution in [0.25, 0.3) is 0 Å². The Labute approximate surface area is 79.9 Å². The van der Waals surface area contributed by atoms with Crippen LogP contribution in [-0.2, 0) is 4.79 Å². The van der Waals surface area contributed by atoms with Crippen LogP contribution in [0, 0.1) is 5.41 Å². The topological polar surface area (TPSA) is 20.3 Å². The number of nitrogens with zero attached hydrogens (tertiary/aromatic N) is 1. The molecule has 2 heteroatoms. The van der Waals surface area contributed by atoms with E-state index < -0.39 is 0 Å². The van der Waals surface area contributed by atoms with Crippen molar-refractivity contribution in [1.82, 2.24) is 4.90 Å². The SMILES string of the molecule is CN1C=CCC(C(=O)C(C)(C)C)=C1. The molecule has 0 atom stereocenters. The first-order chi connectivity index (χ1) is 5.91. The molecule has 72 valence electrons. The van der Waals surface area contributed by atoms with E-state index in [-0.39, 0.29) is 11.2 Å². The first-order valence-corrected chi connectivity index (χ1v) is 4.55. The second kappa shape index (κ2) is 3.36. The number of carbonyl (C=O) groups excluding carboxylic acids is 1. The van der Waals surface area contributed by atoms with E-state index >= 15 is 0 Å². The molecule has 0 spiro atoms. The third kappa shape index (κ3) is 2.44. The Morgan fingerprint density at radius 2 is 2.08 bits per heavy atom. The van der Waals surface area contributed by atoms with Crippen molar-refractivity contribution in [1.29, 1.82) is 0 Å². The lowest BCUT2D eigenvalue weighted by Crippen LogP contribution is -2.24. The van der Waals surface area contributed by atoms with Crippen LogP contribution < -0.4 is 0 Å². The molecule has 1 aliphatic rings. The van der Waals surface area contributed by atoms with Gasteiger partial charge in [0.15, 0.2) is 5.78 Å². The van der Waals surface area contributed by atoms with Crippen molar-refractivity contribution in [2.24, 2.45) is 5.41 Å². The lowest BCUT2D eigenvalue weighted by Gasteiger charge is -2.22. The Morgan fingerprint density at radius 1 is 1.46 bits per heavy atom. The van der Waals surface area contributed by atoms with Crippen molar-refractivity contribution in [2.45, 2.75) is 27.2 Å². The summed E-state index contributed by atoms with van der Waals surface area (Å²) in [4.78, 5) is 13.8. The van der Waals surface area contributed by atoms with Gasteiger partial charge in [-0.05, 0) is 12.6 Å². The van der Waals surface area contributed by atoms with Gasteiger partial charge >= 0.3 is 0 Å². The summed E-state index contributed by atoms with van der Waals surface area (Å²) in [5.41, 5.74) is 0.634. The molecule has 0 saturated heterocycles. The van der Waals surface area contributed by atoms with E-state index in [1.807, 2.05) is 51.2 Å². The first-order valence-electron chi connectivity index (χ1n) is 4.55. The van der Waals surface area contributed by atoms with E-state index in [0.29, 0.717) is 0 Å². The molecule has 2 nitrogen and oxygen atoms in total. The van der Waals surface area contributed by atoms with E-state index in [4.69, 9.17) is 0 Å². The highest BCUT2D eigenvalue weighted by atomic mass is 16.1. The van der Waals surface area contributed by atoms with Crippen LogP contribution in [0.5, 0.6) is 0 Å². The monoisotopic (exact) mass is 179 g/mol. The zero-order valence-electron chi connectivity index (χ0n) is 8.79. The maximum atomic E-state index is 11.8. The van der Waals surface area contributed by atoms with Crippen LogP contribution in [0.1, 0.15) is 27.2 Å². The Kier molecular flexibility index (Phi) is 2.60. The van der Waals surface area contributed by atoms with Crippen LogP contribution in [0.15, 0.2) is 24.0 Å². The molecule has 1 rings (SSSR count). The fourth-order valence-corrected chi connectivity index (χ4v) is 1.32. The Balaban J connectivity index is 2.80. The van der Waals surface area contributed by atoms with Crippen molar-refractivity contribution in [3.63, 3.8) is 0 Å². The number of rotatable bonds is 1. The molecule has 0 unspecified atom stereocenters. The van der Waals surface area contributed by atoms with Crippen molar-refractivity contribution in [2.75, 3.05) is 7.05 Å². The number of allylic oxidation sites excluding steroid dienone is 2. The maximum Gasteiger partial charge on any atom is 0.165 e. The fraction of sp³-hybridized carbons (Fsp3) is 0.545. The lowest BCUT2D eigenvalue weighted by atomic mass is 9.85. The number of carbonyl (C=O) groups is 1. The standard InChI is InChI=1S/C11H17NO/c1-11(2,3)10(13)9-6-5-7-12(4)8-9/h5,7-8H,6H2,1-4H3. The molecular weight excluding hydrogens is 162 g/mol. The van der Waals surface area contributed by atoms with Gasteiger partial charge in [-0.25, -0.2) is 0 Å². The zero-order chi connectivity index (χ0) is 10.1. The molecule has 0 saturated carbocycles. The second-order valence-corrected chi connectivity index (χ2v) is 4.49. The largest absolute Gasteiger partial charge is 0.357 e. The fourth-order valence-electron chi connectivity index (χ4n) is 1.32. The number of hydrogen-bond donors (Lipinski definition) is 0. The minimum atomic E-state index is -0.266. The number of hydrogen-bond acceptors (Lipinski definition) is 2. The van der Waals surface area contributed by atoms with Gasteiger partial charge in [0, 0.05) is 24.2 Å². The maximum absolute atomic E-state index is 11.8. The van der Waals surface area contributed by atoms with Gasteiger partial charge in [0.25, 0.3) is 0 Å². The summed E-state index contributed by atoms with van der Waals surface area (Å²) in [6.07, 6.45) is 6.66. The lowest BCUT2D eigenvalue weighted by molar-refractivity contribution is -0.122. The third-order valence-corrected chi connectivity index (χ3v) is 2.01. The molecule has 0 aliphatic carbocycles. The normalized spacial score (nSPS) is 17.2. The van der Waals surface area contributed by atoms with Crippen LogP contribution in [0.3, 0.4) is 0 Å². The summed E-state index contributed by atoms with van der Waals surface area (Å²) in [6, 6.07) is 0. The number of ketones is 1. The minimum Gasteiger partial charge on any atom is -0.357 e. The van der Waals surface area contributed by atoms with Gasteiger partial charge in [0.1, 0.15) is 0 Å². The van der Waals surface area contributed by atoms with Crippen LogP contribution in [0.2, 0.25) is 0 Å². The highest BCUT2D eigenvalue weighted by Crippen LogP contribution is 2.23. The second-order valence-electron chi connectivity index (χ2n) is 4.49. The molecule has 0 N–H and O–H groups in total. The van der Waals surface area contributed by atoms with Gasteiger partial charge in [-0.1, -0.05) is 26.8 Å². The molecule has 0 aromatic heterocycles. The Hall–Kier alpha value is -1.05. The molecule has 0 fully saturated rings. The van der Waals surface area contributed by atoms with Crippen molar-refractivity contribution in [3.05, 3.63) is 24.0 Å². The molecule has 0 bridgehead atoms. The van der Waals surface area contributed by atoms with Gasteiger partial charge in [-0.3, -0.25) is 4.79 Å². The minimum absolute atomic E-state index is 0.240. The summed E-state index contributed by atoms with van der Waals surface area (Å²) in [7, 11) is 1.94. The first kappa shape index (κ1) is 10.0. The molecule has 0 aromatic rings. The van der Waals surface area contributed by atoms with Crippen molar-refractivity contribution < 1.29 is 4.79 Å². The van der Waals surface area contributed by atoms with E-state index in [9.17, 15) is 4.79 Å². The molecule has 0 amide bonds. The molecule has 0 aromatic carbocycles. The number of Topliss-reactive ketones (excluding diaryl/α,β-unsaturated/α-hetero) is 1. The quantitative estimate of drug-likeness (QED) is 0.615.